The summed E-state index contributed by atoms with van der Waals surface area (Å²) < 4.78 is 15.0. The van der Waals surface area contributed by atoms with E-state index >= 15 is 0 Å². The lowest BCUT2D eigenvalue weighted by atomic mass is 9.99. The SMILES string of the molecule is CN(Cc1ccccc1-c1ccc(Cl)cc1)C(=O)Cn1cc(CCN)c(=O)nc1SCc1ccc(F)cc1. The van der Waals surface area contributed by atoms with Crippen molar-refractivity contribution in [2.45, 2.75) is 30.4 Å². The van der Waals surface area contributed by atoms with Gasteiger partial charge in [-0.25, -0.2) is 4.39 Å². The van der Waals surface area contributed by atoms with Crippen molar-refractivity contribution in [1.82, 2.24) is 14.5 Å². The molecule has 4 rings (SSSR count). The van der Waals surface area contributed by atoms with Crippen molar-refractivity contribution >= 4 is 29.3 Å². The minimum Gasteiger partial charge on any atom is -0.340 e. The molecule has 1 aromatic heterocycles. The molecule has 4 aromatic rings. The summed E-state index contributed by atoms with van der Waals surface area (Å²) >= 11 is 7.38. The lowest BCUT2D eigenvalue weighted by molar-refractivity contribution is -0.131. The van der Waals surface area contributed by atoms with Crippen molar-refractivity contribution in [3.8, 4) is 11.1 Å². The summed E-state index contributed by atoms with van der Waals surface area (Å²) in [5, 5.41) is 1.08. The fourth-order valence-electron chi connectivity index (χ4n) is 3.98. The van der Waals surface area contributed by atoms with Gasteiger partial charge in [-0.15, -0.1) is 0 Å². The van der Waals surface area contributed by atoms with E-state index in [4.69, 9.17) is 17.3 Å². The third kappa shape index (κ3) is 7.10. The molecule has 0 unspecified atom stereocenters. The number of nitrogens with zero attached hydrogens (tertiary/aromatic N) is 3. The Balaban J connectivity index is 1.54. The standard InChI is InChI=1S/C29H28ClFN4O2S/c1-34(16-22-4-2-3-5-26(22)21-8-10-24(30)11-9-21)27(36)18-35-17-23(14-15-32)28(37)33-29(35)38-19-20-6-12-25(31)13-7-20/h2-13,17H,14-16,18-19,32H2,1H3. The average Bonchev–Trinajstić information content (AvgIpc) is 2.91. The van der Waals surface area contributed by atoms with Crippen molar-refractivity contribution in [2.24, 2.45) is 5.73 Å². The normalized spacial score (nSPS) is 10.9. The topological polar surface area (TPSA) is 81.2 Å². The Morgan fingerprint density at radius 2 is 1.76 bits per heavy atom. The van der Waals surface area contributed by atoms with Gasteiger partial charge in [0.1, 0.15) is 12.4 Å². The van der Waals surface area contributed by atoms with E-state index in [0.717, 1.165) is 22.3 Å². The van der Waals surface area contributed by atoms with E-state index < -0.39 is 0 Å². The zero-order valence-corrected chi connectivity index (χ0v) is 22.5. The Kier molecular flexibility index (Phi) is 9.33. The predicted octanol–water partition coefficient (Wildman–Crippen LogP) is 5.15. The summed E-state index contributed by atoms with van der Waals surface area (Å²) in [5.74, 6) is 0.0245. The molecule has 0 atom stereocenters. The summed E-state index contributed by atoms with van der Waals surface area (Å²) in [6, 6.07) is 21.7. The average molecular weight is 551 g/mol. The number of carbonyl (C=O) groups excluding carboxylic acids is 1. The number of rotatable bonds is 10. The second kappa shape index (κ2) is 12.9. The Morgan fingerprint density at radius 1 is 1.05 bits per heavy atom. The van der Waals surface area contributed by atoms with Gasteiger partial charge in [0.15, 0.2) is 5.16 Å². The quantitative estimate of drug-likeness (QED) is 0.218. The van der Waals surface area contributed by atoms with Crippen molar-refractivity contribution in [3.05, 3.63) is 117 Å². The first-order chi connectivity index (χ1) is 18.3. The van der Waals surface area contributed by atoms with Gasteiger partial charge in [-0.3, -0.25) is 9.59 Å². The van der Waals surface area contributed by atoms with Gasteiger partial charge in [0, 0.05) is 36.1 Å². The largest absolute Gasteiger partial charge is 0.340 e. The molecule has 0 saturated heterocycles. The van der Waals surface area contributed by atoms with Crippen LogP contribution in [0.25, 0.3) is 11.1 Å². The number of benzene rings is 3. The number of halogens is 2. The maximum Gasteiger partial charge on any atom is 0.276 e. The van der Waals surface area contributed by atoms with Gasteiger partial charge in [0.05, 0.1) is 0 Å². The number of thioether (sulfide) groups is 1. The maximum atomic E-state index is 13.3. The van der Waals surface area contributed by atoms with Gasteiger partial charge in [-0.05, 0) is 59.5 Å². The molecule has 1 heterocycles. The van der Waals surface area contributed by atoms with Crippen LogP contribution in [-0.4, -0.2) is 34.0 Å². The van der Waals surface area contributed by atoms with Crippen molar-refractivity contribution in [3.63, 3.8) is 0 Å². The van der Waals surface area contributed by atoms with E-state index in [0.29, 0.717) is 41.0 Å². The molecule has 0 aliphatic heterocycles. The molecule has 0 radical (unpaired) electrons. The monoisotopic (exact) mass is 550 g/mol. The van der Waals surface area contributed by atoms with Crippen LogP contribution in [0.1, 0.15) is 16.7 Å². The van der Waals surface area contributed by atoms with Gasteiger partial charge in [0.2, 0.25) is 5.91 Å². The fourth-order valence-corrected chi connectivity index (χ4v) is 5.03. The number of carbonyl (C=O) groups is 1. The van der Waals surface area contributed by atoms with Gasteiger partial charge >= 0.3 is 0 Å². The Bertz CT molecular complexity index is 1460. The highest BCUT2D eigenvalue weighted by atomic mass is 35.5. The van der Waals surface area contributed by atoms with Crippen molar-refractivity contribution in [2.75, 3.05) is 13.6 Å². The molecule has 196 valence electrons. The molecule has 0 bridgehead atoms. The first-order valence-electron chi connectivity index (χ1n) is 12.1. The summed E-state index contributed by atoms with van der Waals surface area (Å²) in [7, 11) is 1.75. The highest BCUT2D eigenvalue weighted by Crippen LogP contribution is 2.26. The van der Waals surface area contributed by atoms with Crippen LogP contribution in [0.5, 0.6) is 0 Å². The molecule has 3 aromatic carbocycles. The van der Waals surface area contributed by atoms with E-state index in [9.17, 15) is 14.0 Å². The molecule has 0 aliphatic carbocycles. The predicted molar refractivity (Wildman–Crippen MR) is 151 cm³/mol. The van der Waals surface area contributed by atoms with Crippen LogP contribution < -0.4 is 11.3 Å². The molecule has 9 heteroatoms. The molecule has 0 spiro atoms. The molecule has 0 aliphatic rings. The van der Waals surface area contributed by atoms with Gasteiger partial charge in [-0.2, -0.15) is 4.98 Å². The number of aromatic nitrogens is 2. The van der Waals surface area contributed by atoms with E-state index in [1.807, 2.05) is 48.5 Å². The summed E-state index contributed by atoms with van der Waals surface area (Å²) in [5.41, 5.74) is 9.70. The number of nitrogens with two attached hydrogens (primary N) is 1. The second-order valence-electron chi connectivity index (χ2n) is 8.85. The molecule has 0 saturated carbocycles. The van der Waals surface area contributed by atoms with Crippen LogP contribution in [0, 0.1) is 5.82 Å². The van der Waals surface area contributed by atoms with Crippen LogP contribution in [0.4, 0.5) is 4.39 Å². The zero-order chi connectivity index (χ0) is 27.1. The van der Waals surface area contributed by atoms with Crippen molar-refractivity contribution < 1.29 is 9.18 Å². The Hall–Kier alpha value is -3.46. The van der Waals surface area contributed by atoms with Gasteiger partial charge < -0.3 is 15.2 Å². The maximum absolute atomic E-state index is 13.3. The Labute approximate surface area is 230 Å². The zero-order valence-electron chi connectivity index (χ0n) is 20.9. The molecular weight excluding hydrogens is 523 g/mol. The highest BCUT2D eigenvalue weighted by molar-refractivity contribution is 7.98. The van der Waals surface area contributed by atoms with E-state index in [1.54, 1.807) is 34.8 Å². The molecule has 2 N–H and O–H groups in total. The van der Waals surface area contributed by atoms with Crippen LogP contribution >= 0.6 is 23.4 Å². The van der Waals surface area contributed by atoms with Crippen LogP contribution in [0.15, 0.2) is 88.9 Å². The molecular formula is C29H28ClFN4O2S. The highest BCUT2D eigenvalue weighted by Gasteiger charge is 2.17. The first kappa shape index (κ1) is 27.6. The third-order valence-electron chi connectivity index (χ3n) is 6.04. The number of hydrogen-bond acceptors (Lipinski definition) is 5. The van der Waals surface area contributed by atoms with Gasteiger partial charge in [0.25, 0.3) is 5.56 Å². The minimum absolute atomic E-state index is 0.0101. The van der Waals surface area contributed by atoms with Crippen LogP contribution in [0.2, 0.25) is 5.02 Å². The van der Waals surface area contributed by atoms with Crippen LogP contribution in [-0.2, 0) is 30.1 Å². The number of hydrogen-bond donors (Lipinski definition) is 1. The minimum atomic E-state index is -0.356. The molecule has 38 heavy (non-hydrogen) atoms. The van der Waals surface area contributed by atoms with E-state index in [2.05, 4.69) is 4.98 Å². The molecule has 0 fully saturated rings. The lowest BCUT2D eigenvalue weighted by Crippen LogP contribution is -2.32. The molecule has 1 amide bonds. The van der Waals surface area contributed by atoms with Crippen LogP contribution in [0.3, 0.4) is 0 Å². The first-order valence-corrected chi connectivity index (χ1v) is 13.5. The number of likely N-dealkylation sites (N-methyl/N-ethyl adjacent to an activating group) is 1. The molecule has 6 nitrogen and oxygen atoms in total. The fraction of sp³-hybridized carbons (Fsp3) is 0.207. The number of amides is 1. The second-order valence-corrected chi connectivity index (χ2v) is 10.2. The summed E-state index contributed by atoms with van der Waals surface area (Å²) in [6.45, 7) is 0.712. The van der Waals surface area contributed by atoms with Gasteiger partial charge in [-0.1, -0.05) is 71.9 Å². The van der Waals surface area contributed by atoms with E-state index in [1.165, 1.54) is 23.9 Å². The summed E-state index contributed by atoms with van der Waals surface area (Å²) in [4.78, 5) is 31.8. The third-order valence-corrected chi connectivity index (χ3v) is 7.35. The smallest absolute Gasteiger partial charge is 0.276 e. The Morgan fingerprint density at radius 3 is 2.47 bits per heavy atom. The lowest BCUT2D eigenvalue weighted by Gasteiger charge is -2.21. The van der Waals surface area contributed by atoms with Crippen molar-refractivity contribution in [1.29, 1.82) is 0 Å². The van der Waals surface area contributed by atoms with E-state index in [-0.39, 0.29) is 23.8 Å². The summed E-state index contributed by atoms with van der Waals surface area (Å²) in [6.07, 6.45) is 2.04.